The van der Waals surface area contributed by atoms with Crippen LogP contribution in [-0.4, -0.2) is 48.3 Å². The second-order valence-corrected chi connectivity index (χ2v) is 8.76. The van der Waals surface area contributed by atoms with Crippen LogP contribution in [0.4, 0.5) is 0 Å². The van der Waals surface area contributed by atoms with E-state index in [-0.39, 0.29) is 6.10 Å². The van der Waals surface area contributed by atoms with Crippen molar-refractivity contribution < 1.29 is 14.6 Å². The maximum absolute atomic E-state index is 12.5. The van der Waals surface area contributed by atoms with Crippen molar-refractivity contribution in [2.24, 2.45) is 0 Å². The van der Waals surface area contributed by atoms with E-state index in [1.165, 1.54) is 77.0 Å². The van der Waals surface area contributed by atoms with E-state index in [4.69, 9.17) is 9.84 Å². The molecule has 0 aromatic rings. The third kappa shape index (κ3) is 19.8. The molecule has 1 aliphatic heterocycles. The summed E-state index contributed by atoms with van der Waals surface area (Å²) in [5.41, 5.74) is 0. The number of nitrogens with zero attached hydrogens (tertiary/aromatic N) is 1. The first-order valence-corrected chi connectivity index (χ1v) is 13.5. The average molecular weight is 444 g/mol. The zero-order valence-electron chi connectivity index (χ0n) is 22.1. The second kappa shape index (κ2) is 25.6. The van der Waals surface area contributed by atoms with Gasteiger partial charge in [0.1, 0.15) is 0 Å². The highest BCUT2D eigenvalue weighted by atomic mass is 16.5. The Labute approximate surface area is 195 Å². The molecule has 0 spiro atoms. The van der Waals surface area contributed by atoms with Crippen LogP contribution in [0.1, 0.15) is 137 Å². The molecule has 1 atom stereocenters. The molecule has 1 saturated heterocycles. The maximum atomic E-state index is 12.5. The predicted octanol–water partition coefficient (Wildman–Crippen LogP) is 7.52. The number of hydrogen-bond donors (Lipinski definition) is 1. The molecule has 1 fully saturated rings. The molecular weight excluding hydrogens is 386 g/mol. The molecule has 1 rings (SSSR count). The molecule has 4 heteroatoms. The lowest BCUT2D eigenvalue weighted by Crippen LogP contribution is -2.38. The number of hydrogen-bond acceptors (Lipinski definition) is 3. The Morgan fingerprint density at radius 2 is 1.32 bits per heavy atom. The molecule has 31 heavy (non-hydrogen) atoms. The van der Waals surface area contributed by atoms with Crippen LogP contribution in [0.2, 0.25) is 0 Å². The number of likely N-dealkylation sites (tertiary alicyclic amines) is 1. The van der Waals surface area contributed by atoms with Crippen LogP contribution in [0.5, 0.6) is 0 Å². The first-order chi connectivity index (χ1) is 15.1. The van der Waals surface area contributed by atoms with Gasteiger partial charge in [-0.2, -0.15) is 0 Å². The minimum Gasteiger partial charge on any atom is -0.400 e. The third-order valence-corrected chi connectivity index (χ3v) is 5.81. The largest absolute Gasteiger partial charge is 0.400 e. The van der Waals surface area contributed by atoms with Crippen LogP contribution in [0.3, 0.4) is 0 Å². The number of aliphatic hydroxyl groups excluding tert-OH is 1. The Hall–Kier alpha value is -0.610. The number of rotatable bonds is 17. The zero-order chi connectivity index (χ0) is 23.7. The van der Waals surface area contributed by atoms with Crippen LogP contribution in [-0.2, 0) is 9.53 Å². The highest BCUT2D eigenvalue weighted by molar-refractivity contribution is 5.76. The lowest BCUT2D eigenvalue weighted by atomic mass is 10.0. The Morgan fingerprint density at radius 1 is 0.871 bits per heavy atom. The van der Waals surface area contributed by atoms with Gasteiger partial charge in [0.25, 0.3) is 0 Å². The molecule has 1 heterocycles. The molecule has 0 aliphatic carbocycles. The Morgan fingerprint density at radius 3 is 1.77 bits per heavy atom. The number of carbonyl (C=O) groups excluding carboxylic acids is 1. The van der Waals surface area contributed by atoms with Crippen molar-refractivity contribution in [3.05, 3.63) is 0 Å². The van der Waals surface area contributed by atoms with Crippen LogP contribution in [0.25, 0.3) is 0 Å². The van der Waals surface area contributed by atoms with Crippen LogP contribution < -0.4 is 0 Å². The molecule has 0 aromatic carbocycles. The van der Waals surface area contributed by atoms with Crippen LogP contribution in [0.15, 0.2) is 0 Å². The number of amides is 1. The molecule has 0 radical (unpaired) electrons. The fourth-order valence-electron chi connectivity index (χ4n) is 4.08. The fraction of sp³-hybridized carbons (Fsp3) is 0.963. The minimum atomic E-state index is 0.253. The molecule has 1 N–H and O–H groups in total. The van der Waals surface area contributed by atoms with Crippen molar-refractivity contribution in [1.82, 2.24) is 4.90 Å². The van der Waals surface area contributed by atoms with Crippen molar-refractivity contribution in [3.8, 4) is 0 Å². The summed E-state index contributed by atoms with van der Waals surface area (Å²) < 4.78 is 5.73. The van der Waals surface area contributed by atoms with Crippen LogP contribution >= 0.6 is 0 Å². The summed E-state index contributed by atoms with van der Waals surface area (Å²) in [4.78, 5) is 14.6. The molecule has 1 unspecified atom stereocenters. The smallest absolute Gasteiger partial charge is 0.222 e. The van der Waals surface area contributed by atoms with Crippen LogP contribution in [0, 0.1) is 0 Å². The Kier molecular flexibility index (Phi) is 26.9. The summed E-state index contributed by atoms with van der Waals surface area (Å²) in [6, 6.07) is 0.321. The third-order valence-electron chi connectivity index (χ3n) is 5.81. The van der Waals surface area contributed by atoms with Gasteiger partial charge in [-0.1, -0.05) is 97.8 Å². The lowest BCUT2D eigenvalue weighted by Gasteiger charge is -2.25. The van der Waals surface area contributed by atoms with E-state index in [2.05, 4.69) is 25.7 Å². The van der Waals surface area contributed by atoms with Gasteiger partial charge in [-0.25, -0.2) is 0 Å². The molecular formula is C27H57NO3. The van der Waals surface area contributed by atoms with Gasteiger partial charge in [-0.3, -0.25) is 4.79 Å². The molecule has 188 valence electrons. The summed E-state index contributed by atoms with van der Waals surface area (Å²) in [6.45, 7) is 12.1. The van der Waals surface area contributed by atoms with Crippen molar-refractivity contribution in [3.63, 3.8) is 0 Å². The summed E-state index contributed by atoms with van der Waals surface area (Å²) in [7, 11) is 1.00. The quantitative estimate of drug-likeness (QED) is 0.236. The van der Waals surface area contributed by atoms with Crippen molar-refractivity contribution in [1.29, 1.82) is 0 Å². The minimum absolute atomic E-state index is 0.253. The van der Waals surface area contributed by atoms with Crippen molar-refractivity contribution in [2.45, 2.75) is 149 Å². The Balaban J connectivity index is 0. The second-order valence-electron chi connectivity index (χ2n) is 8.76. The van der Waals surface area contributed by atoms with E-state index in [0.29, 0.717) is 18.6 Å². The topological polar surface area (TPSA) is 49.8 Å². The highest BCUT2D eigenvalue weighted by Crippen LogP contribution is 2.20. The summed E-state index contributed by atoms with van der Waals surface area (Å²) in [5, 5.41) is 7.00. The van der Waals surface area contributed by atoms with Gasteiger partial charge in [0, 0.05) is 20.1 Å². The first-order valence-electron chi connectivity index (χ1n) is 13.5. The standard InChI is InChI=1S/C24H47NO2.C2H6.CH4O/c1-4-5-6-7-8-9-10-11-12-13-14-15-16-19-24(26)25-20-17-18-23(25)21-27-22(2)3;2*1-2/h22-23H,4-21H2,1-3H3;1-2H3;2H,1H3. The molecule has 0 saturated carbocycles. The van der Waals surface area contributed by atoms with Crippen molar-refractivity contribution in [2.75, 3.05) is 20.3 Å². The first kappa shape index (κ1) is 32.6. The molecule has 0 aromatic heterocycles. The molecule has 0 bridgehead atoms. The molecule has 1 amide bonds. The average Bonchev–Trinajstić information content (AvgIpc) is 3.27. The Bertz CT molecular complexity index is 360. The van der Waals surface area contributed by atoms with E-state index in [0.717, 1.165) is 39.3 Å². The van der Waals surface area contributed by atoms with Gasteiger partial charge in [0.2, 0.25) is 5.91 Å². The van der Waals surface area contributed by atoms with E-state index in [1.807, 2.05) is 13.8 Å². The molecule has 1 aliphatic rings. The van der Waals surface area contributed by atoms with Gasteiger partial charge >= 0.3 is 0 Å². The van der Waals surface area contributed by atoms with Crippen molar-refractivity contribution >= 4 is 5.91 Å². The number of aliphatic hydroxyl groups is 1. The lowest BCUT2D eigenvalue weighted by molar-refractivity contribution is -0.133. The van der Waals surface area contributed by atoms with E-state index >= 15 is 0 Å². The van der Waals surface area contributed by atoms with E-state index in [9.17, 15) is 4.79 Å². The number of carbonyl (C=O) groups is 1. The summed E-state index contributed by atoms with van der Waals surface area (Å²) in [5.74, 6) is 0.355. The van der Waals surface area contributed by atoms with Gasteiger partial charge in [-0.05, 0) is 33.1 Å². The SMILES string of the molecule is CC.CCCCCCCCCCCCCCCC(=O)N1CCCC1COC(C)C.CO. The fourth-order valence-corrected chi connectivity index (χ4v) is 4.08. The van der Waals surface area contributed by atoms with Gasteiger partial charge in [0.15, 0.2) is 0 Å². The normalized spacial score (nSPS) is 15.4. The number of unbranched alkanes of at least 4 members (excludes halogenated alkanes) is 12. The van der Waals surface area contributed by atoms with Gasteiger partial charge in [-0.15, -0.1) is 0 Å². The van der Waals surface area contributed by atoms with E-state index in [1.54, 1.807) is 0 Å². The predicted molar refractivity (Wildman–Crippen MR) is 136 cm³/mol. The number of ether oxygens (including phenoxy) is 1. The summed E-state index contributed by atoms with van der Waals surface area (Å²) in [6.07, 6.45) is 20.8. The van der Waals surface area contributed by atoms with Gasteiger partial charge < -0.3 is 14.7 Å². The molecule has 4 nitrogen and oxygen atoms in total. The summed E-state index contributed by atoms with van der Waals surface area (Å²) >= 11 is 0. The maximum Gasteiger partial charge on any atom is 0.222 e. The highest BCUT2D eigenvalue weighted by Gasteiger charge is 2.28. The monoisotopic (exact) mass is 443 g/mol. The van der Waals surface area contributed by atoms with Gasteiger partial charge in [0.05, 0.1) is 18.8 Å². The van der Waals surface area contributed by atoms with E-state index < -0.39 is 0 Å². The zero-order valence-corrected chi connectivity index (χ0v) is 22.1.